The van der Waals surface area contributed by atoms with Crippen molar-refractivity contribution in [2.75, 3.05) is 50.8 Å². The Balaban J connectivity index is 1.24. The molecule has 1 aromatic carbocycles. The van der Waals surface area contributed by atoms with Crippen LogP contribution in [0.3, 0.4) is 0 Å². The number of amides is 1. The van der Waals surface area contributed by atoms with Crippen LogP contribution in [0.1, 0.15) is 29.7 Å². The molecule has 1 aromatic heterocycles. The molecular formula is C23H31N5O2. The van der Waals surface area contributed by atoms with Gasteiger partial charge in [0.05, 0.1) is 0 Å². The molecule has 0 spiro atoms. The molecule has 7 nitrogen and oxygen atoms in total. The number of nitrogens with zero attached hydrogens (tertiary/aromatic N) is 5. The fourth-order valence-electron chi connectivity index (χ4n) is 4.11. The Hall–Kier alpha value is -2.67. The molecule has 2 aliphatic heterocycles. The van der Waals surface area contributed by atoms with Crippen LogP contribution in [0.25, 0.3) is 0 Å². The zero-order valence-electron chi connectivity index (χ0n) is 18.0. The number of carbonyl (C=O) groups excluding carboxylic acids is 1. The van der Waals surface area contributed by atoms with Gasteiger partial charge in [0.25, 0.3) is 5.91 Å². The first-order valence-corrected chi connectivity index (χ1v) is 10.8. The van der Waals surface area contributed by atoms with Gasteiger partial charge in [-0.25, -0.2) is 9.97 Å². The number of benzene rings is 1. The summed E-state index contributed by atoms with van der Waals surface area (Å²) in [6, 6.07) is 8.13. The van der Waals surface area contributed by atoms with E-state index in [4.69, 9.17) is 4.74 Å². The third-order valence-corrected chi connectivity index (χ3v) is 6.13. The van der Waals surface area contributed by atoms with Crippen molar-refractivity contribution in [3.05, 3.63) is 47.4 Å². The summed E-state index contributed by atoms with van der Waals surface area (Å²) in [7, 11) is 0. The Kier molecular flexibility index (Phi) is 6.47. The maximum atomic E-state index is 12.1. The molecule has 2 aliphatic rings. The number of ether oxygens (including phenoxy) is 1. The molecule has 2 fully saturated rings. The van der Waals surface area contributed by atoms with Crippen LogP contribution >= 0.6 is 0 Å². The van der Waals surface area contributed by atoms with Crippen molar-refractivity contribution >= 4 is 11.7 Å². The maximum absolute atomic E-state index is 12.1. The van der Waals surface area contributed by atoms with E-state index < -0.39 is 0 Å². The lowest BCUT2D eigenvalue weighted by atomic mass is 10.1. The number of aryl methyl sites for hydroxylation is 1. The standard InChI is InChI=1S/C23H31N5O2/c1-18-19(2)24-17-25-23(18)28-13-11-26(12-14-28)15-20-5-7-21(8-6-20)30-16-22(29)27-9-3-4-10-27/h5-8,17H,3-4,9-16H2,1-2H3. The molecule has 0 N–H and O–H groups in total. The molecule has 2 aromatic rings. The normalized spacial score (nSPS) is 17.4. The van der Waals surface area contributed by atoms with Crippen LogP contribution in [0.15, 0.2) is 30.6 Å². The van der Waals surface area contributed by atoms with Crippen molar-refractivity contribution in [3.8, 4) is 5.75 Å². The summed E-state index contributed by atoms with van der Waals surface area (Å²) >= 11 is 0. The van der Waals surface area contributed by atoms with Crippen LogP contribution < -0.4 is 9.64 Å². The highest BCUT2D eigenvalue weighted by molar-refractivity contribution is 5.78. The predicted octanol–water partition coefficient (Wildman–Crippen LogP) is 2.42. The molecule has 2 saturated heterocycles. The minimum Gasteiger partial charge on any atom is -0.484 e. The highest BCUT2D eigenvalue weighted by Crippen LogP contribution is 2.21. The summed E-state index contributed by atoms with van der Waals surface area (Å²) in [6.45, 7) is 10.9. The Morgan fingerprint density at radius 3 is 2.37 bits per heavy atom. The summed E-state index contributed by atoms with van der Waals surface area (Å²) in [5.41, 5.74) is 3.48. The number of hydrogen-bond donors (Lipinski definition) is 0. The van der Waals surface area contributed by atoms with Gasteiger partial charge >= 0.3 is 0 Å². The average Bonchev–Trinajstić information content (AvgIpc) is 3.31. The third kappa shape index (κ3) is 4.90. The second-order valence-corrected chi connectivity index (χ2v) is 8.19. The summed E-state index contributed by atoms with van der Waals surface area (Å²) < 4.78 is 5.69. The molecule has 0 bridgehead atoms. The lowest BCUT2D eigenvalue weighted by Crippen LogP contribution is -2.46. The monoisotopic (exact) mass is 409 g/mol. The van der Waals surface area contributed by atoms with Gasteiger partial charge < -0.3 is 14.5 Å². The molecule has 0 radical (unpaired) electrons. The van der Waals surface area contributed by atoms with Crippen LogP contribution in [0.2, 0.25) is 0 Å². The first kappa shape index (κ1) is 20.6. The van der Waals surface area contributed by atoms with Crippen molar-refractivity contribution in [2.24, 2.45) is 0 Å². The fraction of sp³-hybridized carbons (Fsp3) is 0.522. The molecule has 7 heteroatoms. The van der Waals surface area contributed by atoms with E-state index in [0.717, 1.165) is 75.9 Å². The predicted molar refractivity (Wildman–Crippen MR) is 117 cm³/mol. The first-order valence-electron chi connectivity index (χ1n) is 10.8. The number of anilines is 1. The Morgan fingerprint density at radius 2 is 1.67 bits per heavy atom. The van der Waals surface area contributed by atoms with E-state index in [2.05, 4.69) is 38.8 Å². The van der Waals surface area contributed by atoms with E-state index in [9.17, 15) is 4.79 Å². The smallest absolute Gasteiger partial charge is 0.260 e. The quantitative estimate of drug-likeness (QED) is 0.730. The summed E-state index contributed by atoms with van der Waals surface area (Å²) in [5.74, 6) is 1.90. The number of piperazine rings is 1. The molecule has 0 saturated carbocycles. The van der Waals surface area contributed by atoms with Gasteiger partial charge in [-0.2, -0.15) is 0 Å². The molecule has 4 rings (SSSR count). The SMILES string of the molecule is Cc1ncnc(N2CCN(Cc3ccc(OCC(=O)N4CCCC4)cc3)CC2)c1C. The topological polar surface area (TPSA) is 61.8 Å². The zero-order valence-corrected chi connectivity index (χ0v) is 18.0. The minimum atomic E-state index is 0.0866. The number of likely N-dealkylation sites (tertiary alicyclic amines) is 1. The van der Waals surface area contributed by atoms with E-state index >= 15 is 0 Å². The second kappa shape index (κ2) is 9.43. The minimum absolute atomic E-state index is 0.0866. The second-order valence-electron chi connectivity index (χ2n) is 8.19. The van der Waals surface area contributed by atoms with E-state index in [1.54, 1.807) is 6.33 Å². The number of rotatable bonds is 6. The molecule has 3 heterocycles. The lowest BCUT2D eigenvalue weighted by Gasteiger charge is -2.36. The molecule has 0 atom stereocenters. The van der Waals surface area contributed by atoms with Crippen molar-refractivity contribution in [3.63, 3.8) is 0 Å². The van der Waals surface area contributed by atoms with Gasteiger partial charge in [-0.1, -0.05) is 12.1 Å². The lowest BCUT2D eigenvalue weighted by molar-refractivity contribution is -0.132. The summed E-state index contributed by atoms with van der Waals surface area (Å²) in [6.07, 6.45) is 3.87. The molecule has 160 valence electrons. The number of aromatic nitrogens is 2. The van der Waals surface area contributed by atoms with Gasteiger partial charge in [-0.05, 0) is 44.4 Å². The van der Waals surface area contributed by atoms with E-state index in [0.29, 0.717) is 0 Å². The molecule has 1 amide bonds. The highest BCUT2D eigenvalue weighted by Gasteiger charge is 2.20. The van der Waals surface area contributed by atoms with Gasteiger partial charge in [-0.3, -0.25) is 9.69 Å². The van der Waals surface area contributed by atoms with E-state index in [-0.39, 0.29) is 12.5 Å². The highest BCUT2D eigenvalue weighted by atomic mass is 16.5. The van der Waals surface area contributed by atoms with Crippen molar-refractivity contribution in [1.29, 1.82) is 0 Å². The summed E-state index contributed by atoms with van der Waals surface area (Å²) in [4.78, 5) is 27.6. The molecule has 0 unspecified atom stereocenters. The van der Waals surface area contributed by atoms with Crippen molar-refractivity contribution < 1.29 is 9.53 Å². The van der Waals surface area contributed by atoms with Gasteiger partial charge in [0.2, 0.25) is 0 Å². The Labute approximate surface area is 178 Å². The summed E-state index contributed by atoms with van der Waals surface area (Å²) in [5, 5.41) is 0. The van der Waals surface area contributed by atoms with Crippen LogP contribution in [-0.4, -0.2) is 71.6 Å². The van der Waals surface area contributed by atoms with Crippen LogP contribution in [-0.2, 0) is 11.3 Å². The van der Waals surface area contributed by atoms with Gasteiger partial charge in [0.1, 0.15) is 17.9 Å². The molecule has 0 aliphatic carbocycles. The first-order chi connectivity index (χ1) is 14.6. The largest absolute Gasteiger partial charge is 0.484 e. The fourth-order valence-corrected chi connectivity index (χ4v) is 4.11. The zero-order chi connectivity index (χ0) is 20.9. The number of carbonyl (C=O) groups is 1. The van der Waals surface area contributed by atoms with E-state index in [1.165, 1.54) is 11.1 Å². The molecular weight excluding hydrogens is 378 g/mol. The van der Waals surface area contributed by atoms with Crippen LogP contribution in [0.4, 0.5) is 5.82 Å². The van der Waals surface area contributed by atoms with Crippen LogP contribution in [0.5, 0.6) is 5.75 Å². The molecule has 30 heavy (non-hydrogen) atoms. The van der Waals surface area contributed by atoms with Crippen LogP contribution in [0, 0.1) is 13.8 Å². The van der Waals surface area contributed by atoms with Gasteiger partial charge in [0.15, 0.2) is 6.61 Å². The maximum Gasteiger partial charge on any atom is 0.260 e. The Morgan fingerprint density at radius 1 is 0.967 bits per heavy atom. The Bertz CT molecular complexity index is 856. The van der Waals surface area contributed by atoms with Crippen molar-refractivity contribution in [2.45, 2.75) is 33.2 Å². The van der Waals surface area contributed by atoms with E-state index in [1.807, 2.05) is 24.0 Å². The third-order valence-electron chi connectivity index (χ3n) is 6.13. The van der Waals surface area contributed by atoms with Gasteiger partial charge in [0, 0.05) is 57.1 Å². The van der Waals surface area contributed by atoms with Crippen molar-refractivity contribution in [1.82, 2.24) is 19.8 Å². The van der Waals surface area contributed by atoms with Gasteiger partial charge in [-0.15, -0.1) is 0 Å². The number of hydrogen-bond acceptors (Lipinski definition) is 6. The average molecular weight is 410 g/mol.